The van der Waals surface area contributed by atoms with Crippen molar-refractivity contribution < 1.29 is 9.53 Å². The van der Waals surface area contributed by atoms with Crippen LogP contribution in [-0.2, 0) is 0 Å². The van der Waals surface area contributed by atoms with Gasteiger partial charge in [0.15, 0.2) is 0 Å². The molecule has 2 aromatic rings. The average molecular weight is 386 g/mol. The predicted octanol–water partition coefficient (Wildman–Crippen LogP) is 3.60. The molecule has 6 heteroatoms. The highest BCUT2D eigenvalue weighted by atomic mass is 32.1. The Bertz CT molecular complexity index is 749. The smallest absolute Gasteiger partial charge is 0.273 e. The maximum atomic E-state index is 12.7. The second-order valence-corrected chi connectivity index (χ2v) is 8.40. The summed E-state index contributed by atoms with van der Waals surface area (Å²) in [6.07, 6.45) is 6.33. The van der Waals surface area contributed by atoms with Crippen molar-refractivity contribution in [1.82, 2.24) is 14.8 Å². The Balaban J connectivity index is 1.24. The van der Waals surface area contributed by atoms with Crippen LogP contribution in [-0.4, -0.2) is 59.0 Å². The van der Waals surface area contributed by atoms with Crippen LogP contribution in [0.5, 0.6) is 5.19 Å². The van der Waals surface area contributed by atoms with Gasteiger partial charge >= 0.3 is 0 Å². The molecule has 0 radical (unpaired) electrons. The summed E-state index contributed by atoms with van der Waals surface area (Å²) >= 11 is 1.56. The highest BCUT2D eigenvalue weighted by Gasteiger charge is 2.30. The summed E-state index contributed by atoms with van der Waals surface area (Å²) in [5.41, 5.74) is 1.95. The molecule has 27 heavy (non-hydrogen) atoms. The number of aryl methyl sites for hydroxylation is 1. The van der Waals surface area contributed by atoms with Crippen molar-refractivity contribution in [2.24, 2.45) is 0 Å². The second-order valence-electron chi connectivity index (χ2n) is 7.54. The fourth-order valence-electron chi connectivity index (χ4n) is 4.16. The normalized spacial score (nSPS) is 20.0. The fraction of sp³-hybridized carbons (Fsp3) is 0.524. The average Bonchev–Trinajstić information content (AvgIpc) is 3.21. The lowest BCUT2D eigenvalue weighted by atomic mass is 9.98. The third-order valence-corrected chi connectivity index (χ3v) is 6.35. The molecular formula is C21H27N3O2S. The van der Waals surface area contributed by atoms with Gasteiger partial charge in [0.1, 0.15) is 6.10 Å². The van der Waals surface area contributed by atoms with Gasteiger partial charge in [-0.3, -0.25) is 9.69 Å². The van der Waals surface area contributed by atoms with Crippen LogP contribution in [0.4, 0.5) is 0 Å². The van der Waals surface area contributed by atoms with E-state index >= 15 is 0 Å². The molecule has 0 bridgehead atoms. The van der Waals surface area contributed by atoms with Gasteiger partial charge < -0.3 is 9.64 Å². The quantitative estimate of drug-likeness (QED) is 0.807. The molecule has 0 N–H and O–H groups in total. The van der Waals surface area contributed by atoms with Gasteiger partial charge in [0.05, 0.1) is 0 Å². The Morgan fingerprint density at radius 1 is 1.15 bits per heavy atom. The Kier molecular flexibility index (Phi) is 5.74. The number of carbonyl (C=O) groups is 1. The molecule has 0 saturated carbocycles. The highest BCUT2D eigenvalue weighted by Crippen LogP contribution is 2.25. The first-order valence-electron chi connectivity index (χ1n) is 9.85. The number of benzene rings is 1. The Labute approximate surface area is 165 Å². The molecular weight excluding hydrogens is 358 g/mol. The molecule has 2 aliphatic rings. The van der Waals surface area contributed by atoms with E-state index in [2.05, 4.69) is 9.88 Å². The van der Waals surface area contributed by atoms with Crippen molar-refractivity contribution >= 4 is 17.2 Å². The molecule has 2 saturated heterocycles. The van der Waals surface area contributed by atoms with E-state index in [4.69, 9.17) is 4.74 Å². The fourth-order valence-corrected chi connectivity index (χ4v) is 4.72. The van der Waals surface area contributed by atoms with E-state index in [1.54, 1.807) is 17.5 Å². The summed E-state index contributed by atoms with van der Waals surface area (Å²) < 4.78 is 5.97. The molecule has 1 aromatic heterocycles. The number of hydrogen-bond acceptors (Lipinski definition) is 5. The molecule has 1 aromatic carbocycles. The molecule has 0 aliphatic carbocycles. The third-order valence-electron chi connectivity index (χ3n) is 5.69. The van der Waals surface area contributed by atoms with Gasteiger partial charge in [-0.1, -0.05) is 29.0 Å². The van der Waals surface area contributed by atoms with E-state index in [0.29, 0.717) is 6.04 Å². The van der Waals surface area contributed by atoms with Crippen LogP contribution in [0.1, 0.15) is 41.6 Å². The van der Waals surface area contributed by atoms with Gasteiger partial charge in [0, 0.05) is 49.4 Å². The lowest BCUT2D eigenvalue weighted by molar-refractivity contribution is 0.0425. The van der Waals surface area contributed by atoms with Crippen molar-refractivity contribution in [1.29, 1.82) is 0 Å². The van der Waals surface area contributed by atoms with E-state index in [1.165, 1.54) is 0 Å². The molecule has 1 amide bonds. The number of carbonyl (C=O) groups excluding carboxylic acids is 1. The number of ether oxygens (including phenoxy) is 1. The predicted molar refractivity (Wildman–Crippen MR) is 107 cm³/mol. The lowest BCUT2D eigenvalue weighted by Crippen LogP contribution is -2.50. The molecule has 0 unspecified atom stereocenters. The Morgan fingerprint density at radius 3 is 2.59 bits per heavy atom. The minimum Gasteiger partial charge on any atom is -0.467 e. The number of aromatic nitrogens is 1. The van der Waals surface area contributed by atoms with Crippen LogP contribution in [0.25, 0.3) is 0 Å². The van der Waals surface area contributed by atoms with E-state index in [9.17, 15) is 4.79 Å². The van der Waals surface area contributed by atoms with Crippen LogP contribution in [0, 0.1) is 6.92 Å². The van der Waals surface area contributed by atoms with E-state index in [0.717, 1.165) is 68.2 Å². The van der Waals surface area contributed by atoms with Crippen molar-refractivity contribution in [2.75, 3.05) is 26.2 Å². The number of likely N-dealkylation sites (tertiary alicyclic amines) is 2. The first-order chi connectivity index (χ1) is 13.2. The molecule has 4 rings (SSSR count). The molecule has 0 spiro atoms. The van der Waals surface area contributed by atoms with E-state index in [1.807, 2.05) is 41.5 Å². The largest absolute Gasteiger partial charge is 0.467 e. The lowest BCUT2D eigenvalue weighted by Gasteiger charge is -2.41. The van der Waals surface area contributed by atoms with E-state index in [-0.39, 0.29) is 12.0 Å². The molecule has 2 fully saturated rings. The van der Waals surface area contributed by atoms with Crippen molar-refractivity contribution in [2.45, 2.75) is 44.8 Å². The number of thiazole rings is 1. The Hall–Kier alpha value is -1.92. The molecule has 0 atom stereocenters. The topological polar surface area (TPSA) is 45.7 Å². The number of amides is 1. The SMILES string of the molecule is Cc1cccc(C(=O)N2CCC(N3CCC(Oc4nccs4)CC3)CC2)c1. The summed E-state index contributed by atoms with van der Waals surface area (Å²) in [6, 6.07) is 8.50. The van der Waals surface area contributed by atoms with E-state index < -0.39 is 0 Å². The van der Waals surface area contributed by atoms with Crippen molar-refractivity contribution in [3.05, 3.63) is 47.0 Å². The van der Waals surface area contributed by atoms with Gasteiger partial charge in [-0.25, -0.2) is 4.98 Å². The standard InChI is InChI=1S/C21H27N3O2S/c1-16-3-2-4-17(15-16)20(25)24-10-5-18(6-11-24)23-12-7-19(8-13-23)26-21-22-9-14-27-21/h2-4,9,14-15,18-19H,5-8,10-13H2,1H3. The van der Waals surface area contributed by atoms with Crippen molar-refractivity contribution in [3.63, 3.8) is 0 Å². The molecule has 2 aliphatic heterocycles. The van der Waals surface area contributed by atoms with Crippen LogP contribution in [0.2, 0.25) is 0 Å². The highest BCUT2D eigenvalue weighted by molar-refractivity contribution is 7.11. The van der Waals surface area contributed by atoms with Gasteiger partial charge in [0.2, 0.25) is 0 Å². The number of rotatable bonds is 4. The second kappa shape index (κ2) is 8.40. The molecule has 144 valence electrons. The van der Waals surface area contributed by atoms with Crippen LogP contribution >= 0.6 is 11.3 Å². The van der Waals surface area contributed by atoms with Gasteiger partial charge in [-0.05, 0) is 44.7 Å². The first kappa shape index (κ1) is 18.4. The monoisotopic (exact) mass is 385 g/mol. The van der Waals surface area contributed by atoms with Gasteiger partial charge in [-0.2, -0.15) is 0 Å². The number of nitrogens with zero attached hydrogens (tertiary/aromatic N) is 3. The van der Waals surface area contributed by atoms with Gasteiger partial charge in [0.25, 0.3) is 11.1 Å². The van der Waals surface area contributed by atoms with Gasteiger partial charge in [-0.15, -0.1) is 0 Å². The number of piperidine rings is 2. The zero-order valence-electron chi connectivity index (χ0n) is 15.8. The summed E-state index contributed by atoms with van der Waals surface area (Å²) in [7, 11) is 0. The maximum absolute atomic E-state index is 12.7. The summed E-state index contributed by atoms with van der Waals surface area (Å²) in [5, 5.41) is 2.74. The summed E-state index contributed by atoms with van der Waals surface area (Å²) in [4.78, 5) is 21.6. The molecule has 3 heterocycles. The third kappa shape index (κ3) is 4.50. The van der Waals surface area contributed by atoms with Crippen LogP contribution < -0.4 is 4.74 Å². The minimum absolute atomic E-state index is 0.174. The maximum Gasteiger partial charge on any atom is 0.273 e. The zero-order chi connectivity index (χ0) is 18.6. The van der Waals surface area contributed by atoms with Crippen LogP contribution in [0.3, 0.4) is 0 Å². The minimum atomic E-state index is 0.174. The molecule has 5 nitrogen and oxygen atoms in total. The number of hydrogen-bond donors (Lipinski definition) is 0. The van der Waals surface area contributed by atoms with Crippen LogP contribution in [0.15, 0.2) is 35.8 Å². The van der Waals surface area contributed by atoms with Crippen molar-refractivity contribution in [3.8, 4) is 5.19 Å². The Morgan fingerprint density at radius 2 is 1.93 bits per heavy atom. The zero-order valence-corrected chi connectivity index (χ0v) is 16.7. The first-order valence-corrected chi connectivity index (χ1v) is 10.7. The summed E-state index contributed by atoms with van der Waals surface area (Å²) in [5.74, 6) is 0.174. The summed E-state index contributed by atoms with van der Waals surface area (Å²) in [6.45, 7) is 5.89.